The molecule has 2 heteroatoms. The lowest BCUT2D eigenvalue weighted by molar-refractivity contribution is -0.418. The number of rotatable bonds is 5. The molecule has 1 aliphatic carbocycles. The Kier molecular flexibility index (Phi) is 5.86. The highest BCUT2D eigenvalue weighted by atomic mass is 28.3. The van der Waals surface area contributed by atoms with E-state index in [0.29, 0.717) is 5.92 Å². The lowest BCUT2D eigenvalue weighted by Crippen LogP contribution is -2.31. The van der Waals surface area contributed by atoms with Gasteiger partial charge < -0.3 is 0 Å². The van der Waals surface area contributed by atoms with E-state index in [1.807, 2.05) is 0 Å². The summed E-state index contributed by atoms with van der Waals surface area (Å²) in [5, 5.41) is 1.59. The van der Waals surface area contributed by atoms with Crippen molar-refractivity contribution in [2.75, 3.05) is 0 Å². The first-order valence-corrected chi connectivity index (χ1v) is 14.2. The summed E-state index contributed by atoms with van der Waals surface area (Å²) in [6.45, 7) is 18.5. The molecule has 1 heterocycles. The van der Waals surface area contributed by atoms with Crippen molar-refractivity contribution in [2.24, 2.45) is 5.92 Å². The Morgan fingerprint density at radius 2 is 1.85 bits per heavy atom. The maximum atomic E-state index is 4.38. The fraction of sp³-hybridized carbons (Fsp3) is 0.520. The van der Waals surface area contributed by atoms with Crippen LogP contribution in [0.2, 0.25) is 19.6 Å². The second-order valence-corrected chi connectivity index (χ2v) is 14.9. The molecule has 0 spiro atoms. The fourth-order valence-electron chi connectivity index (χ4n) is 4.57. The lowest BCUT2D eigenvalue weighted by atomic mass is 9.90. The summed E-state index contributed by atoms with van der Waals surface area (Å²) in [6.07, 6.45) is 11.7. The summed E-state index contributed by atoms with van der Waals surface area (Å²) in [5.74, 6) is 1.44. The van der Waals surface area contributed by atoms with Crippen molar-refractivity contribution in [3.63, 3.8) is 0 Å². The standard InChI is InChI=1S/C25H37NSi/c1-18(2)21-12-13-23(19(3)14-21)24-16-22(15-20-10-8-9-11-20)25(17-26(24)4)27(5,6)7/h12-14,16-18,20H,4,8-11,15H2,1-3,5-7H3. The number of hydrogen-bond acceptors (Lipinski definition) is 0. The second kappa shape index (κ2) is 7.83. The monoisotopic (exact) mass is 379 g/mol. The normalized spacial score (nSPS) is 18.9. The van der Waals surface area contributed by atoms with Crippen molar-refractivity contribution in [3.05, 3.63) is 64.0 Å². The zero-order chi connectivity index (χ0) is 19.8. The van der Waals surface area contributed by atoms with E-state index < -0.39 is 8.07 Å². The summed E-state index contributed by atoms with van der Waals surface area (Å²) in [6, 6.07) is 8.20. The molecule has 0 radical (unpaired) electrons. The third kappa shape index (κ3) is 4.48. The van der Waals surface area contributed by atoms with Gasteiger partial charge in [-0.05, 0) is 35.1 Å². The van der Waals surface area contributed by atoms with Crippen LogP contribution in [0.3, 0.4) is 0 Å². The number of allylic oxidation sites excluding steroid dienone is 2. The molecule has 0 unspecified atom stereocenters. The molecule has 0 saturated heterocycles. The summed E-state index contributed by atoms with van der Waals surface area (Å²) in [7, 11) is -1.40. The van der Waals surface area contributed by atoms with Crippen molar-refractivity contribution in [3.8, 4) is 0 Å². The topological polar surface area (TPSA) is 3.01 Å². The van der Waals surface area contributed by atoms with E-state index in [2.05, 4.69) is 82.2 Å². The van der Waals surface area contributed by atoms with Crippen LogP contribution in [-0.2, 0) is 0 Å². The number of benzene rings is 1. The van der Waals surface area contributed by atoms with E-state index >= 15 is 0 Å². The third-order valence-electron chi connectivity index (χ3n) is 6.24. The van der Waals surface area contributed by atoms with Crippen LogP contribution in [0.25, 0.3) is 0 Å². The van der Waals surface area contributed by atoms with Crippen LogP contribution in [0.4, 0.5) is 0 Å². The van der Waals surface area contributed by atoms with E-state index in [1.165, 1.54) is 54.8 Å². The molecule has 1 aromatic rings. The van der Waals surface area contributed by atoms with Gasteiger partial charge in [0.2, 0.25) is 0 Å². The molecule has 1 saturated carbocycles. The molecule has 0 atom stereocenters. The van der Waals surface area contributed by atoms with Gasteiger partial charge in [0.05, 0.1) is 14.8 Å². The summed E-state index contributed by atoms with van der Waals surface area (Å²) in [4.78, 5) is 0. The summed E-state index contributed by atoms with van der Waals surface area (Å²) < 4.78 is 2.13. The van der Waals surface area contributed by atoms with Crippen LogP contribution < -0.4 is 0 Å². The molecule has 1 nitrogen and oxygen atoms in total. The molecule has 0 N–H and O–H groups in total. The van der Waals surface area contributed by atoms with Gasteiger partial charge in [-0.2, -0.15) is 0 Å². The zero-order valence-corrected chi connectivity index (χ0v) is 19.2. The van der Waals surface area contributed by atoms with Gasteiger partial charge in [-0.1, -0.05) is 94.9 Å². The minimum absolute atomic E-state index is 0.566. The van der Waals surface area contributed by atoms with Gasteiger partial charge in [0.15, 0.2) is 0 Å². The highest BCUT2D eigenvalue weighted by Gasteiger charge is 2.31. The predicted octanol–water partition coefficient (Wildman–Crippen LogP) is 6.99. The third-order valence-corrected chi connectivity index (χ3v) is 8.30. The summed E-state index contributed by atoms with van der Waals surface area (Å²) in [5.41, 5.74) is 5.68. The number of hydrogen-bond donors (Lipinski definition) is 0. The summed E-state index contributed by atoms with van der Waals surface area (Å²) >= 11 is 0. The van der Waals surface area contributed by atoms with Crippen molar-refractivity contribution < 1.29 is 4.58 Å². The Morgan fingerprint density at radius 3 is 2.41 bits per heavy atom. The van der Waals surface area contributed by atoms with Gasteiger partial charge in [-0.3, -0.25) is 4.58 Å². The van der Waals surface area contributed by atoms with Gasteiger partial charge in [0.1, 0.15) is 12.2 Å². The fourth-order valence-corrected chi connectivity index (χ4v) is 6.25. The molecule has 0 bridgehead atoms. The Bertz CT molecular complexity index is 770. The first-order valence-electron chi connectivity index (χ1n) is 10.7. The van der Waals surface area contributed by atoms with Gasteiger partial charge >= 0.3 is 0 Å². The van der Waals surface area contributed by atoms with E-state index in [0.717, 1.165) is 5.92 Å². The minimum atomic E-state index is -1.40. The average Bonchev–Trinajstić information content (AvgIpc) is 3.08. The molecule has 1 fully saturated rings. The molecule has 146 valence electrons. The predicted molar refractivity (Wildman–Crippen MR) is 121 cm³/mol. The minimum Gasteiger partial charge on any atom is -0.255 e. The Morgan fingerprint density at radius 1 is 1.19 bits per heavy atom. The first-order chi connectivity index (χ1) is 12.7. The van der Waals surface area contributed by atoms with Crippen LogP contribution in [0.1, 0.15) is 68.6 Å². The van der Waals surface area contributed by atoms with Crippen LogP contribution in [0, 0.1) is 18.9 Å². The Labute approximate surface area is 167 Å². The van der Waals surface area contributed by atoms with Crippen LogP contribution in [-0.4, -0.2) is 19.4 Å². The van der Waals surface area contributed by atoms with E-state index in [9.17, 15) is 0 Å². The maximum absolute atomic E-state index is 4.38. The molecule has 27 heavy (non-hydrogen) atoms. The molecule has 1 aromatic carbocycles. The quantitative estimate of drug-likeness (QED) is 0.294. The van der Waals surface area contributed by atoms with Gasteiger partial charge in [-0.25, -0.2) is 0 Å². The van der Waals surface area contributed by atoms with Crippen molar-refractivity contribution in [1.29, 1.82) is 0 Å². The van der Waals surface area contributed by atoms with Gasteiger partial charge in [0, 0.05) is 0 Å². The van der Waals surface area contributed by atoms with Crippen LogP contribution >= 0.6 is 0 Å². The highest BCUT2D eigenvalue weighted by Crippen LogP contribution is 2.39. The second-order valence-electron chi connectivity index (χ2n) is 9.90. The van der Waals surface area contributed by atoms with Crippen molar-refractivity contribution >= 4 is 14.8 Å². The van der Waals surface area contributed by atoms with Gasteiger partial charge in [0.25, 0.3) is 0 Å². The SMILES string of the molecule is C=[N+]1C=C([Si](C)(C)C)C(CC2CCCC2)=C[C-]1c1ccc(C(C)C)cc1C. The van der Waals surface area contributed by atoms with Crippen LogP contribution in [0.15, 0.2) is 41.2 Å². The van der Waals surface area contributed by atoms with E-state index in [-0.39, 0.29) is 0 Å². The number of aryl methyl sites for hydroxylation is 1. The zero-order valence-electron chi connectivity index (χ0n) is 18.2. The number of nitrogens with zero attached hydrogens (tertiary/aromatic N) is 1. The molecule has 0 aromatic heterocycles. The Hall–Kier alpha value is -1.54. The lowest BCUT2D eigenvalue weighted by Gasteiger charge is -2.32. The molecule has 3 rings (SSSR count). The molecule has 2 aliphatic rings. The molecular weight excluding hydrogens is 342 g/mol. The highest BCUT2D eigenvalue weighted by molar-refractivity contribution is 6.84. The van der Waals surface area contributed by atoms with Crippen molar-refractivity contribution in [1.82, 2.24) is 0 Å². The van der Waals surface area contributed by atoms with Gasteiger partial charge in [-0.15, -0.1) is 6.07 Å². The van der Waals surface area contributed by atoms with Crippen molar-refractivity contribution in [2.45, 2.75) is 78.4 Å². The van der Waals surface area contributed by atoms with E-state index in [1.54, 1.807) is 10.8 Å². The van der Waals surface area contributed by atoms with E-state index in [4.69, 9.17) is 0 Å². The maximum Gasteiger partial charge on any atom is 0.147 e. The first kappa shape index (κ1) is 20.2. The molecule has 1 aliphatic heterocycles. The average molecular weight is 380 g/mol. The van der Waals surface area contributed by atoms with Crippen LogP contribution in [0.5, 0.6) is 0 Å². The molecular formula is C25H37NSi. The Balaban J connectivity index is 1.97. The smallest absolute Gasteiger partial charge is 0.147 e. The molecule has 0 amide bonds. The largest absolute Gasteiger partial charge is 0.255 e.